The average Bonchev–Trinajstić information content (AvgIpc) is 2.41. The summed E-state index contributed by atoms with van der Waals surface area (Å²) in [5.74, 6) is -0.405. The number of halogens is 2. The van der Waals surface area contributed by atoms with Gasteiger partial charge in [0.15, 0.2) is 0 Å². The molecule has 1 saturated carbocycles. The minimum Gasteiger partial charge on any atom is -0.310 e. The van der Waals surface area contributed by atoms with Crippen molar-refractivity contribution in [2.75, 3.05) is 0 Å². The highest BCUT2D eigenvalue weighted by molar-refractivity contribution is 5.27. The van der Waals surface area contributed by atoms with Crippen LogP contribution in [0.4, 0.5) is 8.78 Å². The van der Waals surface area contributed by atoms with E-state index in [0.717, 1.165) is 18.9 Å². The second-order valence-corrected chi connectivity index (χ2v) is 5.89. The van der Waals surface area contributed by atoms with E-state index in [1.54, 1.807) is 0 Å². The van der Waals surface area contributed by atoms with Crippen LogP contribution in [0.3, 0.4) is 0 Å². The quantitative estimate of drug-likeness (QED) is 0.883. The summed E-state index contributed by atoms with van der Waals surface area (Å²) in [6.07, 6.45) is 2.15. The number of hydrogen-bond acceptors (Lipinski definition) is 1. The van der Waals surface area contributed by atoms with Gasteiger partial charge < -0.3 is 5.32 Å². The van der Waals surface area contributed by atoms with Crippen molar-refractivity contribution in [2.24, 2.45) is 0 Å². The number of nitrogens with one attached hydrogen (secondary N) is 1. The molecule has 0 bridgehead atoms. The minimum atomic E-state index is -0.528. The van der Waals surface area contributed by atoms with Gasteiger partial charge in [0.05, 0.1) is 0 Å². The second kappa shape index (κ2) is 5.94. The van der Waals surface area contributed by atoms with E-state index in [0.29, 0.717) is 24.1 Å². The van der Waals surface area contributed by atoms with Crippen molar-refractivity contribution in [3.05, 3.63) is 70.8 Å². The molecule has 110 valence electrons. The lowest BCUT2D eigenvalue weighted by molar-refractivity contribution is 0.288. The van der Waals surface area contributed by atoms with Crippen LogP contribution in [0.15, 0.2) is 42.5 Å². The molecule has 0 radical (unpaired) electrons. The molecule has 0 atom stereocenters. The predicted octanol–water partition coefficient (Wildman–Crippen LogP) is 4.31. The fourth-order valence-electron chi connectivity index (χ4n) is 2.81. The lowest BCUT2D eigenvalue weighted by atomic mass is 9.75. The largest absolute Gasteiger partial charge is 0.310 e. The van der Waals surface area contributed by atoms with Crippen molar-refractivity contribution in [3.8, 4) is 0 Å². The standard InChI is InChI=1S/C18H19F2N/c1-12-2-4-13(5-3-12)15-8-17(9-15)21-11-14-6-7-16(19)10-18(14)20/h2-7,10,15,17,21H,8-9,11H2,1H3. The van der Waals surface area contributed by atoms with Crippen molar-refractivity contribution in [1.82, 2.24) is 5.32 Å². The van der Waals surface area contributed by atoms with E-state index in [-0.39, 0.29) is 0 Å². The lowest BCUT2D eigenvalue weighted by Gasteiger charge is -2.36. The Bertz CT molecular complexity index is 616. The summed E-state index contributed by atoms with van der Waals surface area (Å²) < 4.78 is 26.4. The zero-order chi connectivity index (χ0) is 14.8. The van der Waals surface area contributed by atoms with Crippen molar-refractivity contribution in [3.63, 3.8) is 0 Å². The molecular formula is C18H19F2N. The summed E-state index contributed by atoms with van der Waals surface area (Å²) >= 11 is 0. The number of aryl methyl sites for hydroxylation is 1. The summed E-state index contributed by atoms with van der Waals surface area (Å²) in [4.78, 5) is 0. The van der Waals surface area contributed by atoms with Crippen molar-refractivity contribution in [1.29, 1.82) is 0 Å². The maximum Gasteiger partial charge on any atom is 0.130 e. The Balaban J connectivity index is 1.50. The Labute approximate surface area is 124 Å². The molecule has 0 aromatic heterocycles. The first kappa shape index (κ1) is 14.2. The molecule has 3 rings (SSSR count). The summed E-state index contributed by atoms with van der Waals surface area (Å²) in [7, 11) is 0. The molecule has 0 amide bonds. The van der Waals surface area contributed by atoms with Crippen LogP contribution < -0.4 is 5.32 Å². The van der Waals surface area contributed by atoms with Gasteiger partial charge >= 0.3 is 0 Å². The van der Waals surface area contributed by atoms with Crippen LogP contribution in [0.2, 0.25) is 0 Å². The van der Waals surface area contributed by atoms with Crippen LogP contribution in [0.5, 0.6) is 0 Å². The van der Waals surface area contributed by atoms with Gasteiger partial charge in [-0.05, 0) is 37.3 Å². The molecule has 1 aliphatic rings. The summed E-state index contributed by atoms with van der Waals surface area (Å²) in [6.45, 7) is 2.55. The zero-order valence-corrected chi connectivity index (χ0v) is 12.1. The van der Waals surface area contributed by atoms with E-state index >= 15 is 0 Å². The van der Waals surface area contributed by atoms with Crippen molar-refractivity contribution < 1.29 is 8.78 Å². The monoisotopic (exact) mass is 287 g/mol. The smallest absolute Gasteiger partial charge is 0.130 e. The first-order chi connectivity index (χ1) is 10.1. The van der Waals surface area contributed by atoms with Gasteiger partial charge in [-0.3, -0.25) is 0 Å². The molecule has 0 aliphatic heterocycles. The zero-order valence-electron chi connectivity index (χ0n) is 12.1. The SMILES string of the molecule is Cc1ccc(C2CC(NCc3ccc(F)cc3F)C2)cc1. The molecule has 0 unspecified atom stereocenters. The van der Waals surface area contributed by atoms with Crippen LogP contribution in [0.25, 0.3) is 0 Å². The third kappa shape index (κ3) is 3.30. The van der Waals surface area contributed by atoms with Crippen LogP contribution in [-0.2, 0) is 6.54 Å². The molecule has 0 spiro atoms. The van der Waals surface area contributed by atoms with Crippen LogP contribution in [-0.4, -0.2) is 6.04 Å². The maximum absolute atomic E-state index is 13.5. The number of rotatable bonds is 4. The van der Waals surface area contributed by atoms with Gasteiger partial charge in [0.25, 0.3) is 0 Å². The van der Waals surface area contributed by atoms with Gasteiger partial charge in [-0.15, -0.1) is 0 Å². The van der Waals surface area contributed by atoms with E-state index in [9.17, 15) is 8.78 Å². The van der Waals surface area contributed by atoms with Gasteiger partial charge in [-0.25, -0.2) is 8.78 Å². The average molecular weight is 287 g/mol. The normalized spacial score (nSPS) is 21.1. The van der Waals surface area contributed by atoms with E-state index < -0.39 is 11.6 Å². The fourth-order valence-corrected chi connectivity index (χ4v) is 2.81. The summed E-state index contributed by atoms with van der Waals surface area (Å²) in [5.41, 5.74) is 3.18. The van der Waals surface area contributed by atoms with Crippen LogP contribution >= 0.6 is 0 Å². The van der Waals surface area contributed by atoms with Gasteiger partial charge in [-0.1, -0.05) is 35.9 Å². The van der Waals surface area contributed by atoms with Gasteiger partial charge in [0.2, 0.25) is 0 Å². The summed E-state index contributed by atoms with van der Waals surface area (Å²) in [5, 5.41) is 3.34. The molecule has 1 nitrogen and oxygen atoms in total. The van der Waals surface area contributed by atoms with Crippen molar-refractivity contribution in [2.45, 2.75) is 38.3 Å². The predicted molar refractivity (Wildman–Crippen MR) is 80.1 cm³/mol. The highest BCUT2D eigenvalue weighted by Gasteiger charge is 2.29. The summed E-state index contributed by atoms with van der Waals surface area (Å²) in [6, 6.07) is 12.8. The Hall–Kier alpha value is -1.74. The Morgan fingerprint density at radius 3 is 2.43 bits per heavy atom. The lowest BCUT2D eigenvalue weighted by Crippen LogP contribution is -2.39. The molecule has 3 heteroatoms. The minimum absolute atomic E-state index is 0.417. The molecule has 2 aromatic rings. The second-order valence-electron chi connectivity index (χ2n) is 5.89. The maximum atomic E-state index is 13.5. The Kier molecular flexibility index (Phi) is 4.02. The van der Waals surface area contributed by atoms with Gasteiger partial charge in [0.1, 0.15) is 11.6 Å². The Morgan fingerprint density at radius 1 is 1.05 bits per heavy atom. The molecule has 0 saturated heterocycles. The van der Waals surface area contributed by atoms with E-state index in [4.69, 9.17) is 0 Å². The molecular weight excluding hydrogens is 268 g/mol. The molecule has 1 fully saturated rings. The van der Waals surface area contributed by atoms with Crippen LogP contribution in [0, 0.1) is 18.6 Å². The molecule has 1 aliphatic carbocycles. The third-order valence-electron chi connectivity index (χ3n) is 4.28. The Morgan fingerprint density at radius 2 is 1.76 bits per heavy atom. The highest BCUT2D eigenvalue weighted by Crippen LogP contribution is 2.37. The fraction of sp³-hybridized carbons (Fsp3) is 0.333. The number of benzene rings is 2. The van der Waals surface area contributed by atoms with Crippen LogP contribution in [0.1, 0.15) is 35.4 Å². The third-order valence-corrected chi connectivity index (χ3v) is 4.28. The topological polar surface area (TPSA) is 12.0 Å². The van der Waals surface area contributed by atoms with Gasteiger partial charge in [-0.2, -0.15) is 0 Å². The van der Waals surface area contributed by atoms with E-state index in [1.807, 2.05) is 0 Å². The first-order valence-corrected chi connectivity index (χ1v) is 7.35. The van der Waals surface area contributed by atoms with E-state index in [1.165, 1.54) is 23.3 Å². The highest BCUT2D eigenvalue weighted by atomic mass is 19.1. The molecule has 2 aromatic carbocycles. The first-order valence-electron chi connectivity index (χ1n) is 7.35. The van der Waals surface area contributed by atoms with Crippen molar-refractivity contribution >= 4 is 0 Å². The van der Waals surface area contributed by atoms with Gasteiger partial charge in [0, 0.05) is 24.2 Å². The molecule has 21 heavy (non-hydrogen) atoms. The van der Waals surface area contributed by atoms with E-state index in [2.05, 4.69) is 36.5 Å². The number of hydrogen-bond donors (Lipinski definition) is 1. The molecule has 1 N–H and O–H groups in total. The molecule has 0 heterocycles.